The van der Waals surface area contributed by atoms with E-state index in [2.05, 4.69) is 20.3 Å². The van der Waals surface area contributed by atoms with Crippen molar-refractivity contribution in [1.82, 2.24) is 29.7 Å². The Morgan fingerprint density at radius 3 is 2.81 bits per heavy atom. The van der Waals surface area contributed by atoms with Crippen LogP contribution in [0.5, 0.6) is 0 Å². The fourth-order valence-electron chi connectivity index (χ4n) is 4.94. The number of aromatic amines is 2. The highest BCUT2D eigenvalue weighted by Crippen LogP contribution is 2.28. The topological polar surface area (TPSA) is 125 Å². The predicted molar refractivity (Wildman–Crippen MR) is 135 cm³/mol. The summed E-state index contributed by atoms with van der Waals surface area (Å²) in [6.07, 6.45) is 4.34. The molecule has 10 nitrogen and oxygen atoms in total. The molecule has 3 aromatic heterocycles. The van der Waals surface area contributed by atoms with Crippen molar-refractivity contribution in [2.45, 2.75) is 45.4 Å². The first-order valence-electron chi connectivity index (χ1n) is 12.2. The third-order valence-electron chi connectivity index (χ3n) is 6.75. The third-order valence-corrected chi connectivity index (χ3v) is 6.75. The zero-order valence-electron chi connectivity index (χ0n) is 20.4. The van der Waals surface area contributed by atoms with Crippen LogP contribution < -0.4 is 11.0 Å². The van der Waals surface area contributed by atoms with E-state index in [1.807, 2.05) is 50.2 Å². The highest BCUT2D eigenvalue weighted by molar-refractivity contribution is 6.01. The number of carbonyl (C=O) groups is 2. The van der Waals surface area contributed by atoms with E-state index in [4.69, 9.17) is 4.74 Å². The summed E-state index contributed by atoms with van der Waals surface area (Å²) < 4.78 is 7.09. The molecule has 1 aromatic carbocycles. The number of likely N-dealkylation sites (tertiary alicyclic amines) is 1. The lowest BCUT2D eigenvalue weighted by atomic mass is 9.99. The molecule has 1 unspecified atom stereocenters. The summed E-state index contributed by atoms with van der Waals surface area (Å²) in [5, 5.41) is 3.61. The molecule has 1 aliphatic heterocycles. The van der Waals surface area contributed by atoms with Crippen LogP contribution in [0.25, 0.3) is 22.1 Å². The van der Waals surface area contributed by atoms with Crippen molar-refractivity contribution in [3.05, 3.63) is 64.8 Å². The maximum atomic E-state index is 13.5. The number of hydrogen-bond acceptors (Lipinski definition) is 5. The molecular weight excluding hydrogens is 460 g/mol. The number of piperidine rings is 1. The molecule has 0 spiro atoms. The van der Waals surface area contributed by atoms with Crippen LogP contribution in [0.15, 0.2) is 53.6 Å². The van der Waals surface area contributed by atoms with Gasteiger partial charge in [-0.15, -0.1) is 0 Å². The molecule has 2 amide bonds. The van der Waals surface area contributed by atoms with Crippen LogP contribution in [-0.4, -0.2) is 55.6 Å². The number of rotatable bonds is 6. The zero-order chi connectivity index (χ0) is 25.2. The van der Waals surface area contributed by atoms with Crippen LogP contribution in [0.4, 0.5) is 4.79 Å². The highest BCUT2D eigenvalue weighted by Gasteiger charge is 2.33. The quantitative estimate of drug-likeness (QED) is 0.382. The van der Waals surface area contributed by atoms with Crippen LogP contribution in [0.1, 0.15) is 38.3 Å². The van der Waals surface area contributed by atoms with E-state index >= 15 is 0 Å². The molecule has 3 N–H and O–H groups in total. The van der Waals surface area contributed by atoms with Gasteiger partial charge < -0.3 is 24.9 Å². The molecule has 4 aromatic rings. The number of amides is 2. The van der Waals surface area contributed by atoms with E-state index in [0.29, 0.717) is 24.3 Å². The zero-order valence-corrected chi connectivity index (χ0v) is 20.4. The van der Waals surface area contributed by atoms with E-state index in [-0.39, 0.29) is 30.2 Å². The van der Waals surface area contributed by atoms with Crippen molar-refractivity contribution in [1.29, 1.82) is 0 Å². The molecule has 0 radical (unpaired) electrons. The minimum absolute atomic E-state index is 0.128. The number of H-pyrrole nitrogens is 2. The van der Waals surface area contributed by atoms with E-state index in [0.717, 1.165) is 29.3 Å². The Balaban J connectivity index is 1.32. The first kappa shape index (κ1) is 23.7. The van der Waals surface area contributed by atoms with Crippen LogP contribution >= 0.6 is 0 Å². The molecule has 4 heterocycles. The molecular formula is C26H30N6O4. The monoisotopic (exact) mass is 490 g/mol. The third kappa shape index (κ3) is 4.58. The van der Waals surface area contributed by atoms with E-state index in [1.165, 1.54) is 0 Å². The molecule has 5 rings (SSSR count). The van der Waals surface area contributed by atoms with Gasteiger partial charge >= 0.3 is 11.8 Å². The molecule has 1 fully saturated rings. The van der Waals surface area contributed by atoms with Crippen molar-refractivity contribution >= 4 is 34.1 Å². The molecule has 36 heavy (non-hydrogen) atoms. The smallest absolute Gasteiger partial charge is 0.408 e. The molecule has 1 aliphatic rings. The van der Waals surface area contributed by atoms with Crippen LogP contribution in [-0.2, 0) is 16.1 Å². The predicted octanol–water partition coefficient (Wildman–Crippen LogP) is 3.32. The van der Waals surface area contributed by atoms with E-state index < -0.39 is 12.1 Å². The number of nitrogens with zero attached hydrogens (tertiary/aromatic N) is 3. The van der Waals surface area contributed by atoms with Crippen molar-refractivity contribution < 1.29 is 14.3 Å². The lowest BCUT2D eigenvalue weighted by molar-refractivity contribution is -0.136. The van der Waals surface area contributed by atoms with Gasteiger partial charge in [-0.05, 0) is 30.4 Å². The summed E-state index contributed by atoms with van der Waals surface area (Å²) in [6.45, 7) is 4.85. The molecule has 0 bridgehead atoms. The number of hydrogen-bond donors (Lipinski definition) is 3. The summed E-state index contributed by atoms with van der Waals surface area (Å²) in [5.41, 5.74) is 2.81. The van der Waals surface area contributed by atoms with Gasteiger partial charge in [-0.25, -0.2) is 14.6 Å². The fraction of sp³-hybridized carbons (Fsp3) is 0.385. The summed E-state index contributed by atoms with van der Waals surface area (Å²) in [5.74, 6) is -0.309. The molecule has 2 atom stereocenters. The summed E-state index contributed by atoms with van der Waals surface area (Å²) in [6, 6.07) is 10.4. The van der Waals surface area contributed by atoms with E-state index in [1.54, 1.807) is 21.9 Å². The Bertz CT molecular complexity index is 1440. The van der Waals surface area contributed by atoms with Gasteiger partial charge in [0.05, 0.1) is 23.3 Å². The van der Waals surface area contributed by atoms with Gasteiger partial charge in [-0.1, -0.05) is 44.2 Å². The number of pyridine rings is 1. The van der Waals surface area contributed by atoms with Gasteiger partial charge in [0.25, 0.3) is 0 Å². The first-order valence-corrected chi connectivity index (χ1v) is 12.2. The maximum Gasteiger partial charge on any atom is 0.408 e. The van der Waals surface area contributed by atoms with Crippen molar-refractivity contribution in [2.75, 3.05) is 13.1 Å². The summed E-state index contributed by atoms with van der Waals surface area (Å²) >= 11 is 0. The number of nitrogens with one attached hydrogen (secondary N) is 3. The SMILES string of the molecule is CC(C)[C@@H](NC(=O)OCc1ccccc1)C(=O)N1CCCC(n2c(=O)[nH]c3cnc4[nH]ccc4c32)C1. The molecule has 1 saturated heterocycles. The number of benzene rings is 1. The van der Waals surface area contributed by atoms with E-state index in [9.17, 15) is 14.4 Å². The summed E-state index contributed by atoms with van der Waals surface area (Å²) in [7, 11) is 0. The van der Waals surface area contributed by atoms with Crippen molar-refractivity contribution in [2.24, 2.45) is 5.92 Å². The lowest BCUT2D eigenvalue weighted by Gasteiger charge is -2.36. The van der Waals surface area contributed by atoms with Crippen LogP contribution in [0.2, 0.25) is 0 Å². The average molecular weight is 491 g/mol. The van der Waals surface area contributed by atoms with Gasteiger partial charge in [0.15, 0.2) is 0 Å². The standard InChI is InChI=1S/C26H30N6O4/c1-16(2)21(30-26(35)36-15-17-7-4-3-5-8-17)24(33)31-12-6-9-18(14-31)32-22-19-10-11-27-23(19)28-13-20(22)29-25(32)34/h3-5,7-8,10-11,13,16,18,21H,6,9,12,14-15H2,1-2H3,(H,27,28)(H,29,34)(H,30,35)/t18?,21-/m1/s1. The number of carbonyl (C=O) groups excluding carboxylic acids is 2. The first-order chi connectivity index (χ1) is 17.4. The minimum Gasteiger partial charge on any atom is -0.445 e. The van der Waals surface area contributed by atoms with Gasteiger partial charge in [-0.3, -0.25) is 9.36 Å². The summed E-state index contributed by atoms with van der Waals surface area (Å²) in [4.78, 5) is 51.1. The Kier molecular flexibility index (Phi) is 6.49. The fourth-order valence-corrected chi connectivity index (χ4v) is 4.94. The average Bonchev–Trinajstić information content (AvgIpc) is 3.49. The number of imidazole rings is 1. The highest BCUT2D eigenvalue weighted by atomic mass is 16.5. The van der Waals surface area contributed by atoms with Gasteiger partial charge in [0, 0.05) is 24.7 Å². The number of fused-ring (bicyclic) bond motifs is 3. The Morgan fingerprint density at radius 2 is 2.03 bits per heavy atom. The second-order valence-corrected chi connectivity index (χ2v) is 9.57. The largest absolute Gasteiger partial charge is 0.445 e. The van der Waals surface area contributed by atoms with Gasteiger partial charge in [-0.2, -0.15) is 0 Å². The van der Waals surface area contributed by atoms with Crippen molar-refractivity contribution in [3.63, 3.8) is 0 Å². The molecule has 10 heteroatoms. The second-order valence-electron chi connectivity index (χ2n) is 9.57. The van der Waals surface area contributed by atoms with Crippen LogP contribution in [0.3, 0.4) is 0 Å². The van der Waals surface area contributed by atoms with Gasteiger partial charge in [0.1, 0.15) is 18.3 Å². The number of aromatic nitrogens is 4. The normalized spacial score (nSPS) is 17.0. The molecule has 188 valence electrons. The minimum atomic E-state index is -0.729. The Hall–Kier alpha value is -4.08. The lowest BCUT2D eigenvalue weighted by Crippen LogP contribution is -2.54. The molecule has 0 saturated carbocycles. The Morgan fingerprint density at radius 1 is 1.22 bits per heavy atom. The number of ether oxygens (including phenoxy) is 1. The number of alkyl carbamates (subject to hydrolysis) is 1. The van der Waals surface area contributed by atoms with Crippen LogP contribution in [0, 0.1) is 5.92 Å². The Labute approximate surface area is 207 Å². The van der Waals surface area contributed by atoms with Crippen molar-refractivity contribution in [3.8, 4) is 0 Å². The maximum absolute atomic E-state index is 13.5. The van der Waals surface area contributed by atoms with Gasteiger partial charge in [0.2, 0.25) is 5.91 Å². The second kappa shape index (κ2) is 9.88. The molecule has 0 aliphatic carbocycles.